The lowest BCUT2D eigenvalue weighted by molar-refractivity contribution is -0.185. The molecule has 5 heteroatoms. The second kappa shape index (κ2) is 4.04. The number of hydrogen-bond acceptors (Lipinski definition) is 2. The Balaban J connectivity index is 2.50. The van der Waals surface area contributed by atoms with E-state index < -0.39 is 11.5 Å². The molecule has 0 aliphatic heterocycles. The molecule has 0 amide bonds. The van der Waals surface area contributed by atoms with Crippen LogP contribution in [0.25, 0.3) is 0 Å². The molecule has 1 aliphatic carbocycles. The molecule has 1 atom stereocenters. The van der Waals surface area contributed by atoms with E-state index in [-0.39, 0.29) is 6.42 Å². The van der Waals surface area contributed by atoms with E-state index in [1.807, 2.05) is 0 Å². The zero-order valence-corrected chi connectivity index (χ0v) is 10.4. The van der Waals surface area contributed by atoms with Crippen LogP contribution in [-0.2, 0) is 10.3 Å². The van der Waals surface area contributed by atoms with Gasteiger partial charge >= 0.3 is 0 Å². The highest BCUT2D eigenvalue weighted by molar-refractivity contribution is 9.10. The summed E-state index contributed by atoms with van der Waals surface area (Å²) in [6.07, 6.45) is 0.615. The summed E-state index contributed by atoms with van der Waals surface area (Å²) in [5.41, 5.74) is -1.26. The molecule has 1 unspecified atom stereocenters. The summed E-state index contributed by atoms with van der Waals surface area (Å²) in [4.78, 5) is 4.11. The van der Waals surface area contributed by atoms with Gasteiger partial charge in [-0.1, -0.05) is 6.07 Å². The van der Waals surface area contributed by atoms with E-state index >= 15 is 0 Å². The zero-order valence-electron chi connectivity index (χ0n) is 8.84. The largest absolute Gasteiger partial charge is 0.366 e. The Hall–Kier alpha value is -0.550. The summed E-state index contributed by atoms with van der Waals surface area (Å²) in [6.45, 7) is 0. The van der Waals surface area contributed by atoms with Crippen LogP contribution in [0.5, 0.6) is 0 Å². The lowest BCUT2D eigenvalue weighted by Crippen LogP contribution is -2.43. The lowest BCUT2D eigenvalue weighted by Gasteiger charge is -2.33. The first-order chi connectivity index (χ1) is 7.52. The van der Waals surface area contributed by atoms with Crippen LogP contribution in [0.15, 0.2) is 22.8 Å². The van der Waals surface area contributed by atoms with Crippen molar-refractivity contribution in [1.29, 1.82) is 0 Å². The number of pyridine rings is 1. The molecule has 0 radical (unpaired) electrons. The molecule has 1 aromatic heterocycles. The molecule has 0 spiro atoms. The second-order valence-electron chi connectivity index (χ2n) is 3.93. The van der Waals surface area contributed by atoms with Crippen molar-refractivity contribution in [1.82, 2.24) is 4.98 Å². The summed E-state index contributed by atoms with van der Waals surface area (Å²) in [5.74, 6) is -2.85. The Bertz CT molecular complexity index is 399. The first kappa shape index (κ1) is 11.9. The first-order valence-corrected chi connectivity index (χ1v) is 5.87. The van der Waals surface area contributed by atoms with Crippen molar-refractivity contribution in [3.8, 4) is 0 Å². The van der Waals surface area contributed by atoms with E-state index in [0.29, 0.717) is 23.1 Å². The molecule has 0 aromatic carbocycles. The first-order valence-electron chi connectivity index (χ1n) is 5.08. The number of nitrogens with zero attached hydrogens (tertiary/aromatic N) is 1. The number of methoxy groups -OCH3 is 1. The Morgan fingerprint density at radius 2 is 2.12 bits per heavy atom. The fourth-order valence-corrected chi connectivity index (χ4v) is 2.59. The third kappa shape index (κ3) is 1.66. The van der Waals surface area contributed by atoms with E-state index in [2.05, 4.69) is 20.9 Å². The van der Waals surface area contributed by atoms with Crippen LogP contribution in [0, 0.1) is 0 Å². The van der Waals surface area contributed by atoms with Gasteiger partial charge in [-0.25, -0.2) is 13.8 Å². The number of hydrogen-bond donors (Lipinski definition) is 0. The molecule has 0 N–H and O–H groups in total. The van der Waals surface area contributed by atoms with Crippen LogP contribution in [0.3, 0.4) is 0 Å². The second-order valence-corrected chi connectivity index (χ2v) is 4.75. The molecule has 0 saturated heterocycles. The van der Waals surface area contributed by atoms with Gasteiger partial charge in [0.2, 0.25) is 0 Å². The number of aromatic nitrogens is 1. The third-order valence-corrected chi connectivity index (χ3v) is 3.53. The molecular formula is C11H12BrF2NO. The topological polar surface area (TPSA) is 22.1 Å². The average Bonchev–Trinajstić information content (AvgIpc) is 2.54. The molecule has 1 heterocycles. The summed E-state index contributed by atoms with van der Waals surface area (Å²) in [7, 11) is 1.32. The van der Waals surface area contributed by atoms with Gasteiger partial charge in [-0.3, -0.25) is 0 Å². The van der Waals surface area contributed by atoms with Crippen LogP contribution < -0.4 is 0 Å². The summed E-state index contributed by atoms with van der Waals surface area (Å²) in [6, 6.07) is 5.00. The molecule has 1 saturated carbocycles. The van der Waals surface area contributed by atoms with Gasteiger partial charge in [0.1, 0.15) is 4.60 Å². The minimum Gasteiger partial charge on any atom is -0.366 e. The van der Waals surface area contributed by atoms with Gasteiger partial charge < -0.3 is 4.74 Å². The monoisotopic (exact) mass is 291 g/mol. The Labute approximate surface area is 101 Å². The molecule has 2 nitrogen and oxygen atoms in total. The number of halogens is 3. The van der Waals surface area contributed by atoms with Crippen molar-refractivity contribution in [2.45, 2.75) is 30.8 Å². The smallest absolute Gasteiger partial charge is 0.282 e. The SMILES string of the molecule is COC1(c2cccc(Br)n2)CCCC1(F)F. The molecular weight excluding hydrogens is 280 g/mol. The number of ether oxygens (including phenoxy) is 1. The quantitative estimate of drug-likeness (QED) is 0.778. The third-order valence-electron chi connectivity index (χ3n) is 3.09. The highest BCUT2D eigenvalue weighted by atomic mass is 79.9. The minimum atomic E-state index is -2.85. The van der Waals surface area contributed by atoms with E-state index in [0.717, 1.165) is 0 Å². The Kier molecular flexibility index (Phi) is 3.01. The van der Waals surface area contributed by atoms with Gasteiger partial charge in [-0.15, -0.1) is 0 Å². The highest BCUT2D eigenvalue weighted by Gasteiger charge is 2.59. The normalized spacial score (nSPS) is 28.2. The van der Waals surface area contributed by atoms with Gasteiger partial charge in [0.05, 0.1) is 5.69 Å². The fraction of sp³-hybridized carbons (Fsp3) is 0.545. The van der Waals surface area contributed by atoms with Crippen LogP contribution in [0.1, 0.15) is 25.0 Å². The van der Waals surface area contributed by atoms with Crippen LogP contribution in [-0.4, -0.2) is 18.0 Å². The number of alkyl halides is 2. The molecule has 1 fully saturated rings. The summed E-state index contributed by atoms with van der Waals surface area (Å²) in [5, 5.41) is 0. The zero-order chi connectivity index (χ0) is 11.8. The predicted molar refractivity (Wildman–Crippen MR) is 59.4 cm³/mol. The van der Waals surface area contributed by atoms with Gasteiger partial charge in [0.15, 0.2) is 5.60 Å². The molecule has 16 heavy (non-hydrogen) atoms. The van der Waals surface area contributed by atoms with Crippen LogP contribution in [0.2, 0.25) is 0 Å². The molecule has 0 bridgehead atoms. The maximum atomic E-state index is 13.9. The molecule has 1 aliphatic rings. The summed E-state index contributed by atoms with van der Waals surface area (Å²) < 4.78 is 33.5. The van der Waals surface area contributed by atoms with E-state index in [9.17, 15) is 8.78 Å². The van der Waals surface area contributed by atoms with Gasteiger partial charge in [0, 0.05) is 13.5 Å². The summed E-state index contributed by atoms with van der Waals surface area (Å²) >= 11 is 3.19. The van der Waals surface area contributed by atoms with Crippen molar-refractivity contribution in [3.63, 3.8) is 0 Å². The predicted octanol–water partition coefficient (Wildman–Crippen LogP) is 3.51. The Morgan fingerprint density at radius 1 is 1.38 bits per heavy atom. The molecule has 88 valence electrons. The standard InChI is InChI=1S/C11H12BrF2NO/c1-16-10(6-3-7-11(10,13)14)8-4-2-5-9(12)15-8/h2,4-5H,3,6-7H2,1H3. The van der Waals surface area contributed by atoms with Crippen molar-refractivity contribution in [2.24, 2.45) is 0 Å². The van der Waals surface area contributed by atoms with Crippen LogP contribution >= 0.6 is 15.9 Å². The molecule has 2 rings (SSSR count). The maximum Gasteiger partial charge on any atom is 0.282 e. The van der Waals surface area contributed by atoms with Crippen molar-refractivity contribution in [3.05, 3.63) is 28.5 Å². The Morgan fingerprint density at radius 3 is 2.62 bits per heavy atom. The van der Waals surface area contributed by atoms with Crippen molar-refractivity contribution < 1.29 is 13.5 Å². The van der Waals surface area contributed by atoms with E-state index in [1.54, 1.807) is 18.2 Å². The fourth-order valence-electron chi connectivity index (χ4n) is 2.25. The van der Waals surface area contributed by atoms with E-state index in [1.165, 1.54) is 7.11 Å². The van der Waals surface area contributed by atoms with E-state index in [4.69, 9.17) is 4.74 Å². The van der Waals surface area contributed by atoms with Gasteiger partial charge in [-0.05, 0) is 40.9 Å². The number of rotatable bonds is 2. The minimum absolute atomic E-state index is 0.144. The average molecular weight is 292 g/mol. The lowest BCUT2D eigenvalue weighted by atomic mass is 9.93. The van der Waals surface area contributed by atoms with Crippen molar-refractivity contribution in [2.75, 3.05) is 7.11 Å². The van der Waals surface area contributed by atoms with Crippen molar-refractivity contribution >= 4 is 15.9 Å². The highest BCUT2D eigenvalue weighted by Crippen LogP contribution is 2.51. The van der Waals surface area contributed by atoms with Gasteiger partial charge in [0.25, 0.3) is 5.92 Å². The maximum absolute atomic E-state index is 13.9. The molecule has 1 aromatic rings. The van der Waals surface area contributed by atoms with Gasteiger partial charge in [-0.2, -0.15) is 0 Å². The van der Waals surface area contributed by atoms with Crippen LogP contribution in [0.4, 0.5) is 8.78 Å².